The van der Waals surface area contributed by atoms with Gasteiger partial charge >= 0.3 is 0 Å². The number of rotatable bonds is 6. The molecule has 1 saturated carbocycles. The molecule has 0 aromatic rings. The second-order valence-electron chi connectivity index (χ2n) is 4.28. The SMILES string of the molecule is COC1(CC(=O)N(C)CCCBr)CCC1. The second-order valence-corrected chi connectivity index (χ2v) is 5.07. The van der Waals surface area contributed by atoms with Crippen molar-refractivity contribution in [2.45, 2.75) is 37.7 Å². The number of methoxy groups -OCH3 is 1. The van der Waals surface area contributed by atoms with E-state index in [4.69, 9.17) is 4.74 Å². The van der Waals surface area contributed by atoms with Crippen molar-refractivity contribution in [3.05, 3.63) is 0 Å². The summed E-state index contributed by atoms with van der Waals surface area (Å²) in [6, 6.07) is 0. The fourth-order valence-corrected chi connectivity index (χ4v) is 2.11. The average molecular weight is 278 g/mol. The third-order valence-electron chi connectivity index (χ3n) is 3.22. The highest BCUT2D eigenvalue weighted by Crippen LogP contribution is 2.38. The molecule has 0 unspecified atom stereocenters. The molecule has 1 fully saturated rings. The Morgan fingerprint density at radius 1 is 1.53 bits per heavy atom. The largest absolute Gasteiger partial charge is 0.378 e. The van der Waals surface area contributed by atoms with Crippen LogP contribution < -0.4 is 0 Å². The van der Waals surface area contributed by atoms with Crippen LogP contribution in [-0.2, 0) is 9.53 Å². The van der Waals surface area contributed by atoms with Gasteiger partial charge in [-0.05, 0) is 25.7 Å². The van der Waals surface area contributed by atoms with Gasteiger partial charge in [-0.1, -0.05) is 15.9 Å². The lowest BCUT2D eigenvalue weighted by Crippen LogP contribution is -2.44. The number of amides is 1. The van der Waals surface area contributed by atoms with Gasteiger partial charge in [-0.25, -0.2) is 0 Å². The van der Waals surface area contributed by atoms with Crippen LogP contribution in [0.15, 0.2) is 0 Å². The summed E-state index contributed by atoms with van der Waals surface area (Å²) >= 11 is 3.36. The maximum absolute atomic E-state index is 11.8. The monoisotopic (exact) mass is 277 g/mol. The first-order valence-electron chi connectivity index (χ1n) is 5.49. The van der Waals surface area contributed by atoms with Crippen molar-refractivity contribution in [2.24, 2.45) is 0 Å². The van der Waals surface area contributed by atoms with E-state index in [-0.39, 0.29) is 11.5 Å². The molecule has 0 aromatic heterocycles. The van der Waals surface area contributed by atoms with Gasteiger partial charge in [0, 0.05) is 26.0 Å². The molecule has 0 bridgehead atoms. The summed E-state index contributed by atoms with van der Waals surface area (Å²) in [5.41, 5.74) is -0.139. The molecule has 0 saturated heterocycles. The molecule has 0 radical (unpaired) electrons. The van der Waals surface area contributed by atoms with Gasteiger partial charge in [-0.2, -0.15) is 0 Å². The normalized spacial score (nSPS) is 18.3. The second kappa shape index (κ2) is 5.85. The Morgan fingerprint density at radius 2 is 2.20 bits per heavy atom. The highest BCUT2D eigenvalue weighted by molar-refractivity contribution is 9.09. The number of alkyl halides is 1. The summed E-state index contributed by atoms with van der Waals surface area (Å²) < 4.78 is 5.44. The number of hydrogen-bond acceptors (Lipinski definition) is 2. The molecule has 0 aliphatic heterocycles. The highest BCUT2D eigenvalue weighted by atomic mass is 79.9. The van der Waals surface area contributed by atoms with Crippen molar-refractivity contribution in [3.63, 3.8) is 0 Å². The topological polar surface area (TPSA) is 29.5 Å². The van der Waals surface area contributed by atoms with Gasteiger partial charge in [0.2, 0.25) is 5.91 Å². The standard InChI is InChI=1S/C11H20BrNO2/c1-13(8-4-7-12)10(14)9-11(15-2)5-3-6-11/h3-9H2,1-2H3. The van der Waals surface area contributed by atoms with Gasteiger partial charge in [-0.15, -0.1) is 0 Å². The van der Waals surface area contributed by atoms with Crippen LogP contribution in [0.25, 0.3) is 0 Å². The summed E-state index contributed by atoms with van der Waals surface area (Å²) in [4.78, 5) is 13.7. The molecule has 0 heterocycles. The molecule has 0 N–H and O–H groups in total. The number of ether oxygens (including phenoxy) is 1. The Morgan fingerprint density at radius 3 is 2.60 bits per heavy atom. The molecule has 0 aromatic carbocycles. The summed E-state index contributed by atoms with van der Waals surface area (Å²) in [7, 11) is 3.58. The molecule has 0 spiro atoms. The summed E-state index contributed by atoms with van der Waals surface area (Å²) in [5, 5.41) is 0.944. The lowest BCUT2D eigenvalue weighted by molar-refractivity contribution is -0.142. The van der Waals surface area contributed by atoms with Gasteiger partial charge in [0.25, 0.3) is 0 Å². The minimum absolute atomic E-state index is 0.139. The van der Waals surface area contributed by atoms with Gasteiger partial charge in [0.15, 0.2) is 0 Å². The Kier molecular flexibility index (Phi) is 5.06. The number of carbonyl (C=O) groups excluding carboxylic acids is 1. The predicted molar refractivity (Wildman–Crippen MR) is 64.3 cm³/mol. The van der Waals surface area contributed by atoms with E-state index in [1.807, 2.05) is 7.05 Å². The molecule has 0 atom stereocenters. The Bertz CT molecular complexity index is 211. The first-order chi connectivity index (χ1) is 7.13. The molecule has 88 valence electrons. The number of hydrogen-bond donors (Lipinski definition) is 0. The van der Waals surface area contributed by atoms with Crippen molar-refractivity contribution in [1.29, 1.82) is 0 Å². The highest BCUT2D eigenvalue weighted by Gasteiger charge is 2.39. The van der Waals surface area contributed by atoms with E-state index in [2.05, 4.69) is 15.9 Å². The van der Waals surface area contributed by atoms with Crippen molar-refractivity contribution < 1.29 is 9.53 Å². The lowest BCUT2D eigenvalue weighted by Gasteiger charge is -2.40. The Labute approximate surface area is 100 Å². The first kappa shape index (κ1) is 13.0. The molecular weight excluding hydrogens is 258 g/mol. The fourth-order valence-electron chi connectivity index (χ4n) is 1.86. The van der Waals surface area contributed by atoms with Crippen molar-refractivity contribution in [2.75, 3.05) is 26.0 Å². The molecule has 1 aliphatic rings. The third kappa shape index (κ3) is 3.45. The summed E-state index contributed by atoms with van der Waals surface area (Å²) in [6.07, 6.45) is 4.79. The minimum atomic E-state index is -0.139. The maximum atomic E-state index is 11.8. The van der Waals surface area contributed by atoms with E-state index >= 15 is 0 Å². The van der Waals surface area contributed by atoms with Crippen molar-refractivity contribution in [1.82, 2.24) is 4.90 Å². The lowest BCUT2D eigenvalue weighted by atomic mass is 9.77. The summed E-state index contributed by atoms with van der Waals surface area (Å²) in [5.74, 6) is 0.206. The van der Waals surface area contributed by atoms with Crippen LogP contribution >= 0.6 is 15.9 Å². The van der Waals surface area contributed by atoms with Crippen LogP contribution in [0.2, 0.25) is 0 Å². The van der Waals surface area contributed by atoms with Crippen molar-refractivity contribution in [3.8, 4) is 0 Å². The molecule has 1 amide bonds. The number of halogens is 1. The molecule has 4 heteroatoms. The first-order valence-corrected chi connectivity index (χ1v) is 6.61. The van der Waals surface area contributed by atoms with Gasteiger partial charge < -0.3 is 9.64 Å². The smallest absolute Gasteiger partial charge is 0.225 e. The van der Waals surface area contributed by atoms with E-state index in [1.165, 1.54) is 6.42 Å². The van der Waals surface area contributed by atoms with E-state index < -0.39 is 0 Å². The van der Waals surface area contributed by atoms with E-state index in [0.717, 1.165) is 31.1 Å². The molecule has 3 nitrogen and oxygen atoms in total. The van der Waals surface area contributed by atoms with Crippen LogP contribution in [0.3, 0.4) is 0 Å². The van der Waals surface area contributed by atoms with Crippen LogP contribution in [0, 0.1) is 0 Å². The molecule has 15 heavy (non-hydrogen) atoms. The third-order valence-corrected chi connectivity index (χ3v) is 3.78. The summed E-state index contributed by atoms with van der Waals surface area (Å²) in [6.45, 7) is 0.823. The van der Waals surface area contributed by atoms with Crippen LogP contribution in [0.1, 0.15) is 32.1 Å². The van der Waals surface area contributed by atoms with Crippen LogP contribution in [0.4, 0.5) is 0 Å². The van der Waals surface area contributed by atoms with Gasteiger partial charge in [0.05, 0.1) is 12.0 Å². The maximum Gasteiger partial charge on any atom is 0.225 e. The van der Waals surface area contributed by atoms with Gasteiger partial charge in [-0.3, -0.25) is 4.79 Å². The Balaban J connectivity index is 2.33. The molecule has 1 rings (SSSR count). The Hall–Kier alpha value is -0.0900. The van der Waals surface area contributed by atoms with E-state index in [1.54, 1.807) is 12.0 Å². The zero-order valence-corrected chi connectivity index (χ0v) is 11.2. The van der Waals surface area contributed by atoms with Gasteiger partial charge in [0.1, 0.15) is 0 Å². The zero-order chi connectivity index (χ0) is 11.3. The fraction of sp³-hybridized carbons (Fsp3) is 0.909. The van der Waals surface area contributed by atoms with Crippen molar-refractivity contribution >= 4 is 21.8 Å². The van der Waals surface area contributed by atoms with E-state index in [0.29, 0.717) is 6.42 Å². The molecule has 1 aliphatic carbocycles. The zero-order valence-electron chi connectivity index (χ0n) is 9.59. The average Bonchev–Trinajstić information content (AvgIpc) is 2.19. The number of carbonyl (C=O) groups is 1. The van der Waals surface area contributed by atoms with Crippen LogP contribution in [-0.4, -0.2) is 42.4 Å². The number of nitrogens with zero attached hydrogens (tertiary/aromatic N) is 1. The minimum Gasteiger partial charge on any atom is -0.378 e. The quantitative estimate of drug-likeness (QED) is 0.697. The predicted octanol–water partition coefficient (Wildman–Crippen LogP) is 2.19. The van der Waals surface area contributed by atoms with E-state index in [9.17, 15) is 4.79 Å². The molecular formula is C11H20BrNO2. The van der Waals surface area contributed by atoms with Crippen LogP contribution in [0.5, 0.6) is 0 Å².